The number of halogens is 3. The summed E-state index contributed by atoms with van der Waals surface area (Å²) in [7, 11) is 0. The van der Waals surface area contributed by atoms with Gasteiger partial charge in [-0.05, 0) is 25.1 Å². The maximum Gasteiger partial charge on any atom is 0.241 e. The third-order valence-corrected chi connectivity index (χ3v) is 3.86. The van der Waals surface area contributed by atoms with Crippen LogP contribution in [0.3, 0.4) is 0 Å². The number of hydrogen-bond acceptors (Lipinski definition) is 4. The van der Waals surface area contributed by atoms with Gasteiger partial charge in [-0.25, -0.2) is 4.39 Å². The first-order valence-electron chi connectivity index (χ1n) is 7.29. The van der Waals surface area contributed by atoms with Crippen molar-refractivity contribution >= 4 is 42.3 Å². The van der Waals surface area contributed by atoms with Gasteiger partial charge in [-0.1, -0.05) is 6.07 Å². The Bertz CT molecular complexity index is 554. The van der Waals surface area contributed by atoms with E-state index in [9.17, 15) is 14.0 Å². The zero-order valence-corrected chi connectivity index (χ0v) is 15.0. The fourth-order valence-corrected chi connectivity index (χ4v) is 2.47. The Morgan fingerprint density at radius 1 is 1.25 bits per heavy atom. The fourth-order valence-electron chi connectivity index (χ4n) is 2.47. The van der Waals surface area contributed by atoms with Crippen molar-refractivity contribution in [1.29, 1.82) is 0 Å². The molecule has 3 N–H and O–H groups in total. The molecule has 136 valence electrons. The van der Waals surface area contributed by atoms with Crippen molar-refractivity contribution < 1.29 is 14.0 Å². The molecule has 1 unspecified atom stereocenters. The van der Waals surface area contributed by atoms with E-state index in [1.165, 1.54) is 12.1 Å². The van der Waals surface area contributed by atoms with Gasteiger partial charge in [-0.2, -0.15) is 0 Å². The SMILES string of the molecule is CC(C(=O)Nc1cccc(F)c1)N1CCN(C(=O)CN)CC1.Cl.Cl. The van der Waals surface area contributed by atoms with Crippen LogP contribution in [0.1, 0.15) is 6.92 Å². The first kappa shape index (κ1) is 22.6. The molecule has 0 spiro atoms. The van der Waals surface area contributed by atoms with E-state index in [1.54, 1.807) is 24.0 Å². The molecule has 1 fully saturated rings. The van der Waals surface area contributed by atoms with Crippen molar-refractivity contribution in [1.82, 2.24) is 9.80 Å². The average molecular weight is 381 g/mol. The lowest BCUT2D eigenvalue weighted by Gasteiger charge is -2.37. The number of nitrogens with two attached hydrogens (primary N) is 1. The first-order chi connectivity index (χ1) is 10.5. The number of benzene rings is 1. The second-order valence-electron chi connectivity index (χ2n) is 5.30. The van der Waals surface area contributed by atoms with Gasteiger partial charge >= 0.3 is 0 Å². The fraction of sp³-hybridized carbons (Fsp3) is 0.467. The minimum atomic E-state index is -0.389. The summed E-state index contributed by atoms with van der Waals surface area (Å²) in [6.45, 7) is 4.17. The molecule has 6 nitrogen and oxygen atoms in total. The highest BCUT2D eigenvalue weighted by molar-refractivity contribution is 5.94. The minimum Gasteiger partial charge on any atom is -0.339 e. The van der Waals surface area contributed by atoms with Gasteiger partial charge in [0.15, 0.2) is 0 Å². The molecule has 0 aliphatic carbocycles. The third kappa shape index (κ3) is 5.90. The van der Waals surface area contributed by atoms with Crippen molar-refractivity contribution in [3.05, 3.63) is 30.1 Å². The van der Waals surface area contributed by atoms with Crippen LogP contribution in [0.5, 0.6) is 0 Å². The largest absolute Gasteiger partial charge is 0.339 e. The average Bonchev–Trinajstić information content (AvgIpc) is 2.53. The summed E-state index contributed by atoms with van der Waals surface area (Å²) >= 11 is 0. The van der Waals surface area contributed by atoms with E-state index in [2.05, 4.69) is 5.32 Å². The molecule has 1 atom stereocenters. The van der Waals surface area contributed by atoms with E-state index >= 15 is 0 Å². The van der Waals surface area contributed by atoms with Gasteiger partial charge < -0.3 is 16.0 Å². The second kappa shape index (κ2) is 10.5. The van der Waals surface area contributed by atoms with Gasteiger partial charge in [0.2, 0.25) is 11.8 Å². The highest BCUT2D eigenvalue weighted by Crippen LogP contribution is 2.12. The van der Waals surface area contributed by atoms with E-state index in [1.807, 2.05) is 4.90 Å². The predicted molar refractivity (Wildman–Crippen MR) is 96.2 cm³/mol. The molecule has 1 aromatic rings. The first-order valence-corrected chi connectivity index (χ1v) is 7.29. The molecule has 0 radical (unpaired) electrons. The number of carbonyl (C=O) groups excluding carboxylic acids is 2. The van der Waals surface area contributed by atoms with Crippen molar-refractivity contribution in [2.75, 3.05) is 38.0 Å². The normalized spacial score (nSPS) is 15.7. The third-order valence-electron chi connectivity index (χ3n) is 3.86. The van der Waals surface area contributed by atoms with Gasteiger partial charge in [-0.15, -0.1) is 24.8 Å². The standard InChI is InChI=1S/C15H21FN4O2.2ClH/c1-11(15(22)18-13-4-2-3-12(16)9-13)19-5-7-20(8-6-19)14(21)10-17;;/h2-4,9,11H,5-8,10,17H2,1H3,(H,18,22);2*1H. The lowest BCUT2D eigenvalue weighted by atomic mass is 10.2. The number of amides is 2. The van der Waals surface area contributed by atoms with Crippen molar-refractivity contribution in [2.45, 2.75) is 13.0 Å². The van der Waals surface area contributed by atoms with E-state index in [4.69, 9.17) is 5.73 Å². The van der Waals surface area contributed by atoms with Gasteiger partial charge in [-0.3, -0.25) is 14.5 Å². The molecular formula is C15H23Cl2FN4O2. The minimum absolute atomic E-state index is 0. The van der Waals surface area contributed by atoms with Crippen LogP contribution in [-0.2, 0) is 9.59 Å². The summed E-state index contributed by atoms with van der Waals surface area (Å²) in [4.78, 5) is 27.4. The molecule has 1 aliphatic rings. The Morgan fingerprint density at radius 3 is 2.42 bits per heavy atom. The Kier molecular flexibility index (Phi) is 9.84. The molecule has 1 aliphatic heterocycles. The van der Waals surface area contributed by atoms with Gasteiger partial charge in [0.25, 0.3) is 0 Å². The van der Waals surface area contributed by atoms with E-state index < -0.39 is 0 Å². The summed E-state index contributed by atoms with van der Waals surface area (Å²) < 4.78 is 13.1. The van der Waals surface area contributed by atoms with Crippen LogP contribution in [0.25, 0.3) is 0 Å². The van der Waals surface area contributed by atoms with Crippen LogP contribution in [-0.4, -0.2) is 60.4 Å². The molecular weight excluding hydrogens is 358 g/mol. The number of anilines is 1. The Hall–Kier alpha value is -1.41. The van der Waals surface area contributed by atoms with Gasteiger partial charge in [0, 0.05) is 31.9 Å². The predicted octanol–water partition coefficient (Wildman–Crippen LogP) is 1.10. The van der Waals surface area contributed by atoms with Gasteiger partial charge in [0.1, 0.15) is 5.82 Å². The molecule has 0 saturated carbocycles. The zero-order valence-electron chi connectivity index (χ0n) is 13.4. The number of piperazine rings is 1. The van der Waals surface area contributed by atoms with Crippen LogP contribution in [0.2, 0.25) is 0 Å². The lowest BCUT2D eigenvalue weighted by Crippen LogP contribution is -2.54. The van der Waals surface area contributed by atoms with Crippen molar-refractivity contribution in [2.24, 2.45) is 5.73 Å². The molecule has 0 bridgehead atoms. The number of nitrogens with one attached hydrogen (secondary N) is 1. The summed E-state index contributed by atoms with van der Waals surface area (Å²) in [5, 5.41) is 2.70. The smallest absolute Gasteiger partial charge is 0.241 e. The van der Waals surface area contributed by atoms with Crippen LogP contribution >= 0.6 is 24.8 Å². The summed E-state index contributed by atoms with van der Waals surface area (Å²) in [6.07, 6.45) is 0. The molecule has 0 aromatic heterocycles. The second-order valence-corrected chi connectivity index (χ2v) is 5.30. The Morgan fingerprint density at radius 2 is 1.88 bits per heavy atom. The monoisotopic (exact) mass is 380 g/mol. The molecule has 1 saturated heterocycles. The lowest BCUT2D eigenvalue weighted by molar-refractivity contribution is -0.132. The highest BCUT2D eigenvalue weighted by Gasteiger charge is 2.27. The Labute approximate surface area is 153 Å². The summed E-state index contributed by atoms with van der Waals surface area (Å²) in [5.41, 5.74) is 5.78. The summed E-state index contributed by atoms with van der Waals surface area (Å²) in [5.74, 6) is -0.653. The molecule has 1 aromatic carbocycles. The van der Waals surface area contributed by atoms with Crippen LogP contribution in [0.15, 0.2) is 24.3 Å². The topological polar surface area (TPSA) is 78.7 Å². The molecule has 24 heavy (non-hydrogen) atoms. The molecule has 9 heteroatoms. The maximum absolute atomic E-state index is 13.1. The van der Waals surface area contributed by atoms with Crippen LogP contribution < -0.4 is 11.1 Å². The van der Waals surface area contributed by atoms with E-state index in [0.717, 1.165) is 0 Å². The van der Waals surface area contributed by atoms with Crippen LogP contribution in [0, 0.1) is 5.82 Å². The van der Waals surface area contributed by atoms with Crippen molar-refractivity contribution in [3.63, 3.8) is 0 Å². The van der Waals surface area contributed by atoms with Gasteiger partial charge in [0.05, 0.1) is 12.6 Å². The molecule has 2 amide bonds. The summed E-state index contributed by atoms with van der Waals surface area (Å²) in [6, 6.07) is 5.45. The number of carbonyl (C=O) groups is 2. The number of nitrogens with zero attached hydrogens (tertiary/aromatic N) is 2. The van der Waals surface area contributed by atoms with Crippen LogP contribution in [0.4, 0.5) is 10.1 Å². The molecule has 1 heterocycles. The van der Waals surface area contributed by atoms with E-state index in [0.29, 0.717) is 31.9 Å². The number of rotatable bonds is 4. The highest BCUT2D eigenvalue weighted by atomic mass is 35.5. The maximum atomic E-state index is 13.1. The van der Waals surface area contributed by atoms with E-state index in [-0.39, 0.29) is 55.0 Å². The number of hydrogen-bond donors (Lipinski definition) is 2. The quantitative estimate of drug-likeness (QED) is 0.819. The van der Waals surface area contributed by atoms with Crippen molar-refractivity contribution in [3.8, 4) is 0 Å². The molecule has 2 rings (SSSR count). The Balaban J connectivity index is 0.00000264. The zero-order chi connectivity index (χ0) is 16.1.